The van der Waals surface area contributed by atoms with Crippen LogP contribution in [0.25, 0.3) is 6.08 Å². The van der Waals surface area contributed by atoms with Gasteiger partial charge in [0.15, 0.2) is 4.32 Å². The van der Waals surface area contributed by atoms with Crippen LogP contribution in [0.5, 0.6) is 0 Å². The van der Waals surface area contributed by atoms with E-state index in [-0.39, 0.29) is 4.32 Å². The van der Waals surface area contributed by atoms with Crippen molar-refractivity contribution in [1.29, 1.82) is 0 Å². The van der Waals surface area contributed by atoms with Gasteiger partial charge in [-0.05, 0) is 60.3 Å². The average molecular weight is 444 g/mol. The van der Waals surface area contributed by atoms with E-state index in [1.807, 2.05) is 0 Å². The molecule has 0 spiro atoms. The first-order valence-corrected chi connectivity index (χ1v) is 9.50. The fourth-order valence-electron chi connectivity index (χ4n) is 2.09. The summed E-state index contributed by atoms with van der Waals surface area (Å²) in [7, 11) is 0. The molecule has 1 N–H and O–H groups in total. The summed E-state index contributed by atoms with van der Waals surface area (Å²) < 4.78 is 0.216. The van der Waals surface area contributed by atoms with Crippen LogP contribution in [0.2, 0.25) is 15.1 Å². The van der Waals surface area contributed by atoms with E-state index in [0.717, 1.165) is 16.8 Å². The first kappa shape index (κ1) is 19.2. The van der Waals surface area contributed by atoms with Crippen LogP contribution in [0, 0.1) is 0 Å². The number of rotatable bonds is 3. The highest BCUT2D eigenvalue weighted by molar-refractivity contribution is 8.26. The summed E-state index contributed by atoms with van der Waals surface area (Å²) in [5.74, 6) is -0.905. The third-order valence-corrected chi connectivity index (χ3v) is 5.48. The Bertz CT molecular complexity index is 946. The Labute approximate surface area is 174 Å². The molecule has 2 amide bonds. The number of carbonyl (C=O) groups is 2. The van der Waals surface area contributed by atoms with Crippen LogP contribution >= 0.6 is 58.8 Å². The molecular formula is C17H9Cl3N2O2S2. The molecule has 1 saturated heterocycles. The molecule has 2 aromatic carbocycles. The van der Waals surface area contributed by atoms with Gasteiger partial charge in [0.25, 0.3) is 11.8 Å². The van der Waals surface area contributed by atoms with Crippen molar-refractivity contribution in [2.24, 2.45) is 0 Å². The number of amides is 2. The van der Waals surface area contributed by atoms with Gasteiger partial charge in [-0.1, -0.05) is 52.6 Å². The molecule has 0 atom stereocenters. The van der Waals surface area contributed by atoms with E-state index in [2.05, 4.69) is 5.43 Å². The van der Waals surface area contributed by atoms with Gasteiger partial charge in [0.05, 0.1) is 4.91 Å². The molecule has 1 aliphatic rings. The molecule has 1 aliphatic heterocycles. The monoisotopic (exact) mass is 442 g/mol. The van der Waals surface area contributed by atoms with Crippen molar-refractivity contribution in [1.82, 2.24) is 10.4 Å². The number of nitrogens with zero attached hydrogens (tertiary/aromatic N) is 1. The number of halogens is 3. The summed E-state index contributed by atoms with van der Waals surface area (Å²) in [6, 6.07) is 11.2. The Morgan fingerprint density at radius 1 is 1.08 bits per heavy atom. The normalized spacial score (nSPS) is 15.7. The summed E-state index contributed by atoms with van der Waals surface area (Å²) in [6.07, 6.45) is 1.60. The van der Waals surface area contributed by atoms with Gasteiger partial charge < -0.3 is 0 Å². The predicted octanol–water partition coefficient (Wildman–Crippen LogP) is 5.19. The highest BCUT2D eigenvalue weighted by Crippen LogP contribution is 2.33. The summed E-state index contributed by atoms with van der Waals surface area (Å²) in [5.41, 5.74) is 3.48. The van der Waals surface area contributed by atoms with Crippen molar-refractivity contribution in [3.63, 3.8) is 0 Å². The molecule has 0 aromatic heterocycles. The molecular weight excluding hydrogens is 435 g/mol. The molecule has 3 rings (SSSR count). The van der Waals surface area contributed by atoms with Crippen molar-refractivity contribution in [3.8, 4) is 0 Å². The molecule has 132 valence electrons. The van der Waals surface area contributed by atoms with Crippen molar-refractivity contribution in [2.75, 3.05) is 0 Å². The van der Waals surface area contributed by atoms with E-state index in [1.165, 1.54) is 0 Å². The van der Waals surface area contributed by atoms with Gasteiger partial charge in [0, 0.05) is 20.6 Å². The Hall–Kier alpha value is -1.57. The maximum absolute atomic E-state index is 12.6. The molecule has 4 nitrogen and oxygen atoms in total. The van der Waals surface area contributed by atoms with Gasteiger partial charge in [-0.2, -0.15) is 5.01 Å². The Morgan fingerprint density at radius 2 is 1.73 bits per heavy atom. The van der Waals surface area contributed by atoms with Crippen LogP contribution in [-0.4, -0.2) is 21.1 Å². The third-order valence-electron chi connectivity index (χ3n) is 3.36. The smallest absolute Gasteiger partial charge is 0.267 e. The SMILES string of the molecule is O=C(NN1C(=O)C(=Cc2ccc(Cl)cc2Cl)SC1=S)c1ccc(Cl)cc1. The summed E-state index contributed by atoms with van der Waals surface area (Å²) in [6.45, 7) is 0. The highest BCUT2D eigenvalue weighted by atomic mass is 35.5. The fraction of sp³-hybridized carbons (Fsp3) is 0. The Morgan fingerprint density at radius 3 is 2.38 bits per heavy atom. The third kappa shape index (κ3) is 4.22. The van der Waals surface area contributed by atoms with Crippen molar-refractivity contribution in [3.05, 3.63) is 73.6 Å². The quantitative estimate of drug-likeness (QED) is 0.524. The van der Waals surface area contributed by atoms with Crippen LogP contribution in [0.1, 0.15) is 15.9 Å². The number of thiocarbonyl (C=S) groups is 1. The standard InChI is InChI=1S/C17H9Cl3N2O2S2/c18-11-4-1-9(2-5-11)15(23)21-22-16(24)14(26-17(22)25)7-10-3-6-12(19)8-13(10)20/h1-8H,(H,21,23). The maximum atomic E-state index is 12.6. The number of hydrogen-bond acceptors (Lipinski definition) is 4. The van der Waals surface area contributed by atoms with E-state index in [9.17, 15) is 9.59 Å². The van der Waals surface area contributed by atoms with E-state index in [1.54, 1.807) is 48.5 Å². The molecule has 0 radical (unpaired) electrons. The second kappa shape index (κ2) is 7.98. The van der Waals surface area contributed by atoms with Crippen LogP contribution in [0.15, 0.2) is 47.4 Å². The topological polar surface area (TPSA) is 49.4 Å². The Kier molecular flexibility index (Phi) is 5.89. The lowest BCUT2D eigenvalue weighted by atomic mass is 10.2. The fourth-order valence-corrected chi connectivity index (χ4v) is 3.85. The van der Waals surface area contributed by atoms with Crippen LogP contribution in [0.4, 0.5) is 0 Å². The van der Waals surface area contributed by atoms with E-state index in [0.29, 0.717) is 31.1 Å². The lowest BCUT2D eigenvalue weighted by molar-refractivity contribution is -0.123. The lowest BCUT2D eigenvalue weighted by Gasteiger charge is -2.15. The Balaban J connectivity index is 1.79. The van der Waals surface area contributed by atoms with E-state index < -0.39 is 11.8 Å². The first-order chi connectivity index (χ1) is 12.3. The zero-order valence-corrected chi connectivity index (χ0v) is 16.7. The minimum Gasteiger partial charge on any atom is -0.267 e. The van der Waals surface area contributed by atoms with Gasteiger partial charge in [-0.25, -0.2) is 0 Å². The van der Waals surface area contributed by atoms with Gasteiger partial charge >= 0.3 is 0 Å². The number of carbonyl (C=O) groups excluding carboxylic acids is 2. The molecule has 2 aromatic rings. The van der Waals surface area contributed by atoms with Gasteiger partial charge in [-0.3, -0.25) is 15.0 Å². The summed E-state index contributed by atoms with van der Waals surface area (Å²) >= 11 is 24.1. The molecule has 0 unspecified atom stereocenters. The van der Waals surface area contributed by atoms with Gasteiger partial charge in [0.1, 0.15) is 0 Å². The van der Waals surface area contributed by atoms with Crippen LogP contribution in [0.3, 0.4) is 0 Å². The van der Waals surface area contributed by atoms with Gasteiger partial charge in [0.2, 0.25) is 0 Å². The molecule has 0 aliphatic carbocycles. The van der Waals surface area contributed by atoms with E-state index in [4.69, 9.17) is 47.0 Å². The van der Waals surface area contributed by atoms with Crippen molar-refractivity contribution in [2.45, 2.75) is 0 Å². The number of nitrogens with one attached hydrogen (secondary N) is 1. The molecule has 1 fully saturated rings. The predicted molar refractivity (Wildman–Crippen MR) is 110 cm³/mol. The maximum Gasteiger partial charge on any atom is 0.285 e. The molecule has 0 bridgehead atoms. The number of benzene rings is 2. The van der Waals surface area contributed by atoms with Crippen LogP contribution in [-0.2, 0) is 4.79 Å². The van der Waals surface area contributed by atoms with E-state index >= 15 is 0 Å². The van der Waals surface area contributed by atoms with Gasteiger partial charge in [-0.15, -0.1) is 0 Å². The summed E-state index contributed by atoms with van der Waals surface area (Å²) in [4.78, 5) is 25.2. The zero-order valence-electron chi connectivity index (χ0n) is 12.8. The number of hydrogen-bond donors (Lipinski definition) is 1. The van der Waals surface area contributed by atoms with Crippen molar-refractivity contribution < 1.29 is 9.59 Å². The molecule has 0 saturated carbocycles. The first-order valence-electron chi connectivity index (χ1n) is 7.15. The van der Waals surface area contributed by atoms with Crippen LogP contribution < -0.4 is 5.43 Å². The minimum atomic E-state index is -0.469. The molecule has 26 heavy (non-hydrogen) atoms. The summed E-state index contributed by atoms with van der Waals surface area (Å²) in [5, 5.41) is 2.45. The molecule has 1 heterocycles. The molecule has 9 heteroatoms. The minimum absolute atomic E-state index is 0.216. The second-order valence-corrected chi connectivity index (χ2v) is 8.09. The zero-order chi connectivity index (χ0) is 18.8. The number of thioether (sulfide) groups is 1. The number of hydrazine groups is 1. The van der Waals surface area contributed by atoms with Crippen molar-refractivity contribution >= 4 is 81.0 Å². The lowest BCUT2D eigenvalue weighted by Crippen LogP contribution is -2.44. The largest absolute Gasteiger partial charge is 0.285 e. The average Bonchev–Trinajstić information content (AvgIpc) is 2.85. The second-order valence-electron chi connectivity index (χ2n) is 5.13. The highest BCUT2D eigenvalue weighted by Gasteiger charge is 2.33.